The Morgan fingerprint density at radius 2 is 1.24 bits per heavy atom. The molecule has 4 aromatic rings. The van der Waals surface area contributed by atoms with Gasteiger partial charge in [-0.1, -0.05) is 46.4 Å². The standard InChI is InChI=1S/C19H20Cl2F3N5O2.C14H12Cl2F3N5/c1-18(2,3)31-17(30)29-7-6-28(9-19(23,24)10-29)16-13(20)14(21)26-15(27-16)11-4-5-25-12(22)8-11;15-10-11(16)22-12(8-1-2-21-9(17)5-8)23-13(10)24-4-3-20-6-14(18,19)7-24/h4-5,8H,6-7,9-10H2,1-3H3;1-2,5,20H,3-4,6-7H2. The summed E-state index contributed by atoms with van der Waals surface area (Å²) in [4.78, 5) is 39.2. The Kier molecular flexibility index (Phi) is 13.1. The number of hydrogen-bond acceptors (Lipinski definition) is 11. The largest absolute Gasteiger partial charge is 0.444 e. The normalized spacial score (nSPS) is 17.1. The average Bonchev–Trinajstić information content (AvgIpc) is 3.38. The van der Waals surface area contributed by atoms with Gasteiger partial charge in [-0.2, -0.15) is 8.78 Å². The minimum Gasteiger partial charge on any atom is -0.444 e. The number of nitrogens with one attached hydrogen (secondary N) is 1. The van der Waals surface area contributed by atoms with Crippen LogP contribution in [0.4, 0.5) is 42.8 Å². The molecule has 0 aromatic carbocycles. The van der Waals surface area contributed by atoms with Crippen molar-refractivity contribution >= 4 is 64.1 Å². The average molecular weight is 856 g/mol. The number of hydrogen-bond donors (Lipinski definition) is 1. The SMILES string of the molecule is CC(C)(C)OC(=O)N1CCN(c2nc(-c3ccnc(F)c3)nc(Cl)c2Cl)CC(F)(F)C1.Fc1cc(-c2nc(Cl)c(Cl)c(N3CCNCC(F)(F)C3)n2)ccn1. The number of alkyl halides is 4. The van der Waals surface area contributed by atoms with E-state index in [0.29, 0.717) is 12.1 Å². The fourth-order valence-corrected chi connectivity index (χ4v) is 6.07. The van der Waals surface area contributed by atoms with E-state index in [1.807, 2.05) is 0 Å². The van der Waals surface area contributed by atoms with Gasteiger partial charge in [0.2, 0.25) is 11.9 Å². The summed E-state index contributed by atoms with van der Waals surface area (Å²) in [7, 11) is 0. The lowest BCUT2D eigenvalue weighted by Crippen LogP contribution is -2.44. The Morgan fingerprint density at radius 1 is 0.745 bits per heavy atom. The Morgan fingerprint density at radius 3 is 1.73 bits per heavy atom. The molecule has 1 N–H and O–H groups in total. The fourth-order valence-electron chi connectivity index (χ4n) is 5.33. The van der Waals surface area contributed by atoms with Crippen LogP contribution in [-0.2, 0) is 4.74 Å². The zero-order valence-electron chi connectivity index (χ0n) is 29.2. The van der Waals surface area contributed by atoms with Crippen molar-refractivity contribution in [3.8, 4) is 22.8 Å². The van der Waals surface area contributed by atoms with Crippen molar-refractivity contribution in [3.05, 3.63) is 68.9 Å². The number of pyridine rings is 2. The van der Waals surface area contributed by atoms with Gasteiger partial charge >= 0.3 is 6.09 Å². The molecular formula is C33H32Cl4F6N10O2. The Hall–Kier alpha value is -3.97. The molecule has 2 aliphatic heterocycles. The van der Waals surface area contributed by atoms with E-state index in [1.54, 1.807) is 20.8 Å². The second kappa shape index (κ2) is 17.0. The van der Waals surface area contributed by atoms with Crippen LogP contribution in [0.2, 0.25) is 20.4 Å². The predicted octanol–water partition coefficient (Wildman–Crippen LogP) is 7.71. The zero-order chi connectivity index (χ0) is 40.3. The summed E-state index contributed by atoms with van der Waals surface area (Å²) in [5, 5.41) is 2.25. The molecule has 2 fully saturated rings. The summed E-state index contributed by atoms with van der Waals surface area (Å²) in [5.74, 6) is -7.57. The van der Waals surface area contributed by atoms with E-state index in [2.05, 4.69) is 35.2 Å². The number of aromatic nitrogens is 6. The van der Waals surface area contributed by atoms with Crippen molar-refractivity contribution < 1.29 is 35.9 Å². The van der Waals surface area contributed by atoms with Gasteiger partial charge in [-0.3, -0.25) is 0 Å². The summed E-state index contributed by atoms with van der Waals surface area (Å²) in [6, 6.07) is 5.16. The Bertz CT molecular complexity index is 2030. The monoisotopic (exact) mass is 854 g/mol. The van der Waals surface area contributed by atoms with Crippen LogP contribution < -0.4 is 15.1 Å². The van der Waals surface area contributed by atoms with Crippen molar-refractivity contribution in [1.82, 2.24) is 40.1 Å². The van der Waals surface area contributed by atoms with Crippen LogP contribution in [0.3, 0.4) is 0 Å². The highest BCUT2D eigenvalue weighted by atomic mass is 35.5. The molecule has 12 nitrogen and oxygen atoms in total. The Balaban J connectivity index is 0.000000218. The van der Waals surface area contributed by atoms with Crippen LogP contribution in [0.25, 0.3) is 22.8 Å². The van der Waals surface area contributed by atoms with Crippen LogP contribution in [0.5, 0.6) is 0 Å². The minimum absolute atomic E-state index is 0.00209. The van der Waals surface area contributed by atoms with Crippen molar-refractivity contribution in [1.29, 1.82) is 0 Å². The number of carbonyl (C=O) groups is 1. The molecule has 2 saturated heterocycles. The fraction of sp³-hybridized carbons (Fsp3) is 0.424. The highest BCUT2D eigenvalue weighted by Crippen LogP contribution is 2.36. The minimum atomic E-state index is -3.28. The molecule has 1 amide bonds. The first-order valence-corrected chi connectivity index (χ1v) is 17.9. The maximum absolute atomic E-state index is 14.7. The van der Waals surface area contributed by atoms with E-state index >= 15 is 0 Å². The molecule has 0 spiro atoms. The summed E-state index contributed by atoms with van der Waals surface area (Å²) in [5.41, 5.74) is -0.248. The Labute approximate surface area is 331 Å². The highest BCUT2D eigenvalue weighted by molar-refractivity contribution is 6.43. The first kappa shape index (κ1) is 42.2. The third-order valence-corrected chi connectivity index (χ3v) is 9.09. The molecule has 2 aliphatic rings. The predicted molar refractivity (Wildman–Crippen MR) is 195 cm³/mol. The van der Waals surface area contributed by atoms with Crippen LogP contribution in [0, 0.1) is 11.9 Å². The molecule has 6 heterocycles. The van der Waals surface area contributed by atoms with E-state index in [4.69, 9.17) is 51.1 Å². The number of nitrogens with zero attached hydrogens (tertiary/aromatic N) is 9. The number of ether oxygens (including phenoxy) is 1. The zero-order valence-corrected chi connectivity index (χ0v) is 32.3. The lowest BCUT2D eigenvalue weighted by atomic mass is 10.2. The highest BCUT2D eigenvalue weighted by Gasteiger charge is 2.41. The van der Waals surface area contributed by atoms with Gasteiger partial charge in [0.25, 0.3) is 11.8 Å². The summed E-state index contributed by atoms with van der Waals surface area (Å²) >= 11 is 24.4. The molecule has 0 bridgehead atoms. The van der Waals surface area contributed by atoms with Crippen LogP contribution >= 0.6 is 46.4 Å². The molecule has 0 aliphatic carbocycles. The molecular weight excluding hydrogens is 824 g/mol. The maximum Gasteiger partial charge on any atom is 0.410 e. The number of halogens is 10. The van der Waals surface area contributed by atoms with Crippen molar-refractivity contribution in [3.63, 3.8) is 0 Å². The third kappa shape index (κ3) is 11.3. The lowest BCUT2D eigenvalue weighted by Gasteiger charge is -2.27. The lowest BCUT2D eigenvalue weighted by molar-refractivity contribution is -0.0285. The number of amides is 1. The number of rotatable bonds is 4. The molecule has 0 unspecified atom stereocenters. The third-order valence-electron chi connectivity index (χ3n) is 7.66. The topological polar surface area (TPSA) is 125 Å². The summed E-state index contributed by atoms with van der Waals surface area (Å²) in [6.07, 6.45) is 1.63. The smallest absolute Gasteiger partial charge is 0.410 e. The second-order valence-electron chi connectivity index (χ2n) is 13.3. The first-order chi connectivity index (χ1) is 25.7. The number of carbonyl (C=O) groups excluding carboxylic acids is 1. The van der Waals surface area contributed by atoms with Gasteiger partial charge in [0, 0.05) is 61.8 Å². The summed E-state index contributed by atoms with van der Waals surface area (Å²) < 4.78 is 89.0. The molecule has 22 heteroatoms. The van der Waals surface area contributed by atoms with Crippen LogP contribution in [-0.4, -0.2) is 111 Å². The van der Waals surface area contributed by atoms with Gasteiger partial charge in [0.15, 0.2) is 33.6 Å². The molecule has 4 aromatic heterocycles. The van der Waals surface area contributed by atoms with Crippen molar-refractivity contribution in [2.45, 2.75) is 38.2 Å². The molecule has 55 heavy (non-hydrogen) atoms. The van der Waals surface area contributed by atoms with E-state index in [9.17, 15) is 31.1 Å². The molecule has 296 valence electrons. The van der Waals surface area contributed by atoms with Gasteiger partial charge in [-0.05, 0) is 32.9 Å². The molecule has 0 saturated carbocycles. The van der Waals surface area contributed by atoms with E-state index in [1.165, 1.54) is 34.3 Å². The quantitative estimate of drug-likeness (QED) is 0.123. The second-order valence-corrected chi connectivity index (χ2v) is 14.8. The van der Waals surface area contributed by atoms with E-state index in [-0.39, 0.29) is 68.8 Å². The first-order valence-electron chi connectivity index (χ1n) is 16.3. The van der Waals surface area contributed by atoms with Gasteiger partial charge in [-0.25, -0.2) is 52.3 Å². The van der Waals surface area contributed by atoms with E-state index < -0.39 is 61.6 Å². The van der Waals surface area contributed by atoms with Crippen LogP contribution in [0.15, 0.2) is 36.7 Å². The summed E-state index contributed by atoms with van der Waals surface area (Å²) in [6.45, 7) is 2.94. The molecule has 0 radical (unpaired) electrons. The number of anilines is 2. The van der Waals surface area contributed by atoms with Crippen molar-refractivity contribution in [2.24, 2.45) is 0 Å². The van der Waals surface area contributed by atoms with Gasteiger partial charge < -0.3 is 24.8 Å². The van der Waals surface area contributed by atoms with Crippen molar-refractivity contribution in [2.75, 3.05) is 62.2 Å². The van der Waals surface area contributed by atoms with Crippen LogP contribution in [0.1, 0.15) is 20.8 Å². The molecule has 0 atom stereocenters. The maximum atomic E-state index is 14.7. The van der Waals surface area contributed by atoms with Gasteiger partial charge in [-0.15, -0.1) is 0 Å². The van der Waals surface area contributed by atoms with E-state index in [0.717, 1.165) is 17.0 Å². The molecule has 6 rings (SSSR count). The van der Waals surface area contributed by atoms with Gasteiger partial charge in [0.1, 0.15) is 15.6 Å². The van der Waals surface area contributed by atoms with Gasteiger partial charge in [0.05, 0.1) is 26.2 Å².